The Morgan fingerprint density at radius 1 is 1.25 bits per heavy atom. The zero-order chi connectivity index (χ0) is 13.9. The molecular weight excluding hydrogens is 254 g/mol. The fraction of sp³-hybridized carbons (Fsp3) is 0.200. The topological polar surface area (TPSA) is 69.3 Å². The van der Waals surface area contributed by atoms with Crippen LogP contribution < -0.4 is 9.47 Å². The predicted octanol–water partition coefficient (Wildman–Crippen LogP) is 2.29. The van der Waals surface area contributed by atoms with Gasteiger partial charge in [-0.2, -0.15) is 10.5 Å². The molecule has 1 aromatic rings. The Morgan fingerprint density at radius 3 is 2.90 bits per heavy atom. The average molecular weight is 265 g/mol. The summed E-state index contributed by atoms with van der Waals surface area (Å²) >= 11 is 0. The van der Waals surface area contributed by atoms with E-state index < -0.39 is 5.92 Å². The van der Waals surface area contributed by atoms with Crippen molar-refractivity contribution in [3.63, 3.8) is 0 Å². The van der Waals surface area contributed by atoms with E-state index in [1.807, 2.05) is 29.3 Å². The van der Waals surface area contributed by atoms with Gasteiger partial charge in [0.2, 0.25) is 6.79 Å². The van der Waals surface area contributed by atoms with Crippen molar-refractivity contribution in [2.45, 2.75) is 6.54 Å². The molecule has 0 fully saturated rings. The maximum absolute atomic E-state index is 9.04. The minimum atomic E-state index is -0.451. The lowest BCUT2D eigenvalue weighted by atomic mass is 10.0. The molecule has 0 N–H and O–H groups in total. The Balaban J connectivity index is 1.78. The number of fused-ring (bicyclic) bond motifs is 1. The largest absolute Gasteiger partial charge is 0.454 e. The van der Waals surface area contributed by atoms with E-state index in [0.29, 0.717) is 12.1 Å². The van der Waals surface area contributed by atoms with E-state index in [0.717, 1.165) is 17.1 Å². The molecule has 0 amide bonds. The van der Waals surface area contributed by atoms with Gasteiger partial charge in [-0.3, -0.25) is 0 Å². The average Bonchev–Trinajstić information content (AvgIpc) is 2.94. The molecule has 0 unspecified atom stereocenters. The lowest BCUT2D eigenvalue weighted by Gasteiger charge is -2.21. The molecule has 2 aliphatic rings. The minimum Gasteiger partial charge on any atom is -0.454 e. The molecule has 1 aromatic carbocycles. The van der Waals surface area contributed by atoms with Crippen LogP contribution in [0.4, 0.5) is 0 Å². The van der Waals surface area contributed by atoms with E-state index in [4.69, 9.17) is 20.0 Å². The Morgan fingerprint density at radius 2 is 2.10 bits per heavy atom. The highest BCUT2D eigenvalue weighted by atomic mass is 16.7. The van der Waals surface area contributed by atoms with Crippen LogP contribution in [-0.4, -0.2) is 11.7 Å². The summed E-state index contributed by atoms with van der Waals surface area (Å²) in [6.45, 7) is 0.862. The van der Waals surface area contributed by atoms with E-state index in [-0.39, 0.29) is 6.79 Å². The standard InChI is InChI=1S/C15H11N3O2/c16-6-12-3-4-18(9-13(12)7-17)8-11-1-2-14-15(5-11)20-10-19-14/h1-5,9,12H,8,10H2/t12-/m0/s1. The van der Waals surface area contributed by atoms with Crippen molar-refractivity contribution in [1.82, 2.24) is 4.90 Å². The van der Waals surface area contributed by atoms with Crippen molar-refractivity contribution in [3.8, 4) is 23.6 Å². The SMILES string of the molecule is N#CC1=CN(Cc2ccc3c(c2)OCO3)C=C[C@H]1C#N. The lowest BCUT2D eigenvalue weighted by Crippen LogP contribution is -2.16. The van der Waals surface area contributed by atoms with Crippen LogP contribution in [0.15, 0.2) is 42.2 Å². The molecule has 0 saturated heterocycles. The highest BCUT2D eigenvalue weighted by molar-refractivity contribution is 5.44. The van der Waals surface area contributed by atoms with Crippen molar-refractivity contribution in [1.29, 1.82) is 10.5 Å². The number of rotatable bonds is 2. The Bertz CT molecular complexity index is 679. The van der Waals surface area contributed by atoms with Crippen molar-refractivity contribution in [3.05, 3.63) is 47.8 Å². The summed E-state index contributed by atoms with van der Waals surface area (Å²) in [6.07, 6.45) is 5.25. The van der Waals surface area contributed by atoms with Gasteiger partial charge in [0.05, 0.1) is 17.7 Å². The highest BCUT2D eigenvalue weighted by Crippen LogP contribution is 2.33. The third-order valence-corrected chi connectivity index (χ3v) is 3.18. The molecule has 0 bridgehead atoms. The zero-order valence-electron chi connectivity index (χ0n) is 10.6. The third-order valence-electron chi connectivity index (χ3n) is 3.18. The molecule has 0 radical (unpaired) electrons. The molecule has 20 heavy (non-hydrogen) atoms. The summed E-state index contributed by atoms with van der Waals surface area (Å²) in [5.74, 6) is 1.04. The van der Waals surface area contributed by atoms with E-state index in [9.17, 15) is 0 Å². The first-order valence-corrected chi connectivity index (χ1v) is 6.14. The number of ether oxygens (including phenoxy) is 2. The second kappa shape index (κ2) is 4.99. The number of hydrogen-bond donors (Lipinski definition) is 0. The first-order valence-electron chi connectivity index (χ1n) is 6.14. The maximum Gasteiger partial charge on any atom is 0.231 e. The molecule has 0 spiro atoms. The van der Waals surface area contributed by atoms with Gasteiger partial charge in [-0.1, -0.05) is 6.07 Å². The second-order valence-corrected chi connectivity index (χ2v) is 4.50. The molecule has 1 atom stereocenters. The molecule has 3 rings (SSSR count). The molecule has 5 nitrogen and oxygen atoms in total. The van der Waals surface area contributed by atoms with Gasteiger partial charge >= 0.3 is 0 Å². The molecule has 0 aromatic heterocycles. The Kier molecular flexibility index (Phi) is 3.02. The van der Waals surface area contributed by atoms with E-state index >= 15 is 0 Å². The van der Waals surface area contributed by atoms with Crippen LogP contribution in [0.3, 0.4) is 0 Å². The van der Waals surface area contributed by atoms with Crippen LogP contribution >= 0.6 is 0 Å². The van der Waals surface area contributed by atoms with Gasteiger partial charge in [-0.15, -0.1) is 0 Å². The maximum atomic E-state index is 9.04. The summed E-state index contributed by atoms with van der Waals surface area (Å²) in [5.41, 5.74) is 1.50. The quantitative estimate of drug-likeness (QED) is 0.820. The molecule has 0 saturated carbocycles. The smallest absolute Gasteiger partial charge is 0.231 e. The van der Waals surface area contributed by atoms with E-state index in [2.05, 4.69) is 12.1 Å². The van der Waals surface area contributed by atoms with Crippen LogP contribution in [0.25, 0.3) is 0 Å². The van der Waals surface area contributed by atoms with Crippen molar-refractivity contribution < 1.29 is 9.47 Å². The number of hydrogen-bond acceptors (Lipinski definition) is 5. The fourth-order valence-electron chi connectivity index (χ4n) is 2.16. The second-order valence-electron chi connectivity index (χ2n) is 4.50. The van der Waals surface area contributed by atoms with Gasteiger partial charge in [-0.25, -0.2) is 0 Å². The van der Waals surface area contributed by atoms with Gasteiger partial charge in [0, 0.05) is 18.9 Å². The first-order chi connectivity index (χ1) is 9.80. The normalized spacial score (nSPS) is 19.2. The van der Waals surface area contributed by atoms with Gasteiger partial charge in [0.1, 0.15) is 5.92 Å². The summed E-state index contributed by atoms with van der Waals surface area (Å²) in [7, 11) is 0. The number of nitriles is 2. The Hall–Kier alpha value is -2.92. The van der Waals surface area contributed by atoms with Crippen LogP contribution in [0.1, 0.15) is 5.56 Å². The van der Waals surface area contributed by atoms with Crippen molar-refractivity contribution in [2.24, 2.45) is 5.92 Å². The van der Waals surface area contributed by atoms with Gasteiger partial charge < -0.3 is 14.4 Å². The van der Waals surface area contributed by atoms with Crippen molar-refractivity contribution >= 4 is 0 Å². The first kappa shape index (κ1) is 12.1. The Labute approximate surface area is 116 Å². The molecule has 0 aliphatic carbocycles. The molecule has 2 heterocycles. The number of benzene rings is 1. The van der Waals surface area contributed by atoms with Gasteiger partial charge in [-0.05, 0) is 23.8 Å². The number of nitrogens with zero attached hydrogens (tertiary/aromatic N) is 3. The van der Waals surface area contributed by atoms with Crippen LogP contribution in [0, 0.1) is 28.6 Å². The molecule has 2 aliphatic heterocycles. The van der Waals surface area contributed by atoms with E-state index in [1.165, 1.54) is 0 Å². The monoisotopic (exact) mass is 265 g/mol. The molecule has 5 heteroatoms. The summed E-state index contributed by atoms with van der Waals surface area (Å²) in [6, 6.07) is 9.90. The predicted molar refractivity (Wildman–Crippen MR) is 70.0 cm³/mol. The van der Waals surface area contributed by atoms with Gasteiger partial charge in [0.15, 0.2) is 11.5 Å². The number of allylic oxidation sites excluding steroid dienone is 2. The summed E-state index contributed by atoms with van der Waals surface area (Å²) < 4.78 is 10.6. The molecular formula is C15H11N3O2. The summed E-state index contributed by atoms with van der Waals surface area (Å²) in [4.78, 5) is 1.88. The van der Waals surface area contributed by atoms with Crippen LogP contribution in [0.5, 0.6) is 11.5 Å². The van der Waals surface area contributed by atoms with Crippen LogP contribution in [0.2, 0.25) is 0 Å². The van der Waals surface area contributed by atoms with Gasteiger partial charge in [0.25, 0.3) is 0 Å². The van der Waals surface area contributed by atoms with Crippen molar-refractivity contribution in [2.75, 3.05) is 6.79 Å². The van der Waals surface area contributed by atoms with Crippen LogP contribution in [-0.2, 0) is 6.54 Å². The fourth-order valence-corrected chi connectivity index (χ4v) is 2.16. The zero-order valence-corrected chi connectivity index (χ0v) is 10.6. The third kappa shape index (κ3) is 2.17. The minimum absolute atomic E-state index is 0.255. The lowest BCUT2D eigenvalue weighted by molar-refractivity contribution is 0.174. The van der Waals surface area contributed by atoms with E-state index in [1.54, 1.807) is 12.3 Å². The molecule has 98 valence electrons. The summed E-state index contributed by atoms with van der Waals surface area (Å²) in [5, 5.41) is 18.0. The highest BCUT2D eigenvalue weighted by Gasteiger charge is 2.17.